The fourth-order valence-corrected chi connectivity index (χ4v) is 2.77. The molecule has 2 heterocycles. The lowest BCUT2D eigenvalue weighted by atomic mass is 10.1. The summed E-state index contributed by atoms with van der Waals surface area (Å²) >= 11 is 0. The Morgan fingerprint density at radius 3 is 2.75 bits per heavy atom. The predicted molar refractivity (Wildman–Crippen MR) is 91.9 cm³/mol. The first kappa shape index (κ1) is 15.9. The Morgan fingerprint density at radius 1 is 1.21 bits per heavy atom. The lowest BCUT2D eigenvalue weighted by Gasteiger charge is -2.27. The van der Waals surface area contributed by atoms with Crippen molar-refractivity contribution in [1.29, 1.82) is 5.26 Å². The van der Waals surface area contributed by atoms with E-state index in [0.29, 0.717) is 22.9 Å². The molecule has 1 aliphatic heterocycles. The third-order valence-electron chi connectivity index (χ3n) is 3.96. The molecular weight excluding hydrogens is 302 g/mol. The standard InChI is InChI=1S/C18H19N5O/c1-13-10-16(22-18(20-13)23-8-3-2-4-9-23)17(24)21-15-7-5-6-14(11-15)12-19/h5-7,10-11H,2-4,8-9H2,1H3,(H,21,24). The Labute approximate surface area is 141 Å². The largest absolute Gasteiger partial charge is 0.341 e. The van der Waals surface area contributed by atoms with E-state index in [0.717, 1.165) is 31.6 Å². The number of anilines is 2. The van der Waals surface area contributed by atoms with Crippen molar-refractivity contribution in [2.24, 2.45) is 0 Å². The number of hydrogen-bond acceptors (Lipinski definition) is 5. The maximum absolute atomic E-state index is 12.5. The van der Waals surface area contributed by atoms with Crippen LogP contribution in [0.1, 0.15) is 41.0 Å². The molecule has 1 fully saturated rings. The molecule has 0 aliphatic carbocycles. The highest BCUT2D eigenvalue weighted by molar-refractivity contribution is 6.03. The van der Waals surface area contributed by atoms with Crippen LogP contribution in [0.2, 0.25) is 0 Å². The van der Waals surface area contributed by atoms with Gasteiger partial charge in [0.2, 0.25) is 5.95 Å². The van der Waals surface area contributed by atoms with Crippen molar-refractivity contribution in [3.8, 4) is 6.07 Å². The van der Waals surface area contributed by atoms with Gasteiger partial charge in [0, 0.05) is 24.5 Å². The van der Waals surface area contributed by atoms with Crippen LogP contribution < -0.4 is 10.2 Å². The Balaban J connectivity index is 1.81. The summed E-state index contributed by atoms with van der Waals surface area (Å²) < 4.78 is 0. The number of rotatable bonds is 3. The molecule has 0 bridgehead atoms. The highest BCUT2D eigenvalue weighted by Crippen LogP contribution is 2.17. The van der Waals surface area contributed by atoms with Gasteiger partial charge in [-0.25, -0.2) is 9.97 Å². The average molecular weight is 321 g/mol. The molecule has 3 rings (SSSR count). The molecule has 0 spiro atoms. The van der Waals surface area contributed by atoms with Crippen LogP contribution in [0.3, 0.4) is 0 Å². The lowest BCUT2D eigenvalue weighted by molar-refractivity contribution is 0.102. The van der Waals surface area contributed by atoms with Crippen LogP contribution in [0.25, 0.3) is 0 Å². The number of carbonyl (C=O) groups is 1. The van der Waals surface area contributed by atoms with Crippen molar-refractivity contribution in [2.75, 3.05) is 23.3 Å². The highest BCUT2D eigenvalue weighted by Gasteiger charge is 2.17. The number of benzene rings is 1. The zero-order chi connectivity index (χ0) is 16.9. The van der Waals surface area contributed by atoms with E-state index in [2.05, 4.69) is 26.3 Å². The van der Waals surface area contributed by atoms with Crippen LogP contribution in [-0.2, 0) is 0 Å². The Morgan fingerprint density at radius 2 is 2.00 bits per heavy atom. The monoisotopic (exact) mass is 321 g/mol. The molecule has 1 saturated heterocycles. The van der Waals surface area contributed by atoms with Crippen molar-refractivity contribution >= 4 is 17.5 Å². The van der Waals surface area contributed by atoms with Crippen LogP contribution in [-0.4, -0.2) is 29.0 Å². The minimum Gasteiger partial charge on any atom is -0.341 e. The lowest BCUT2D eigenvalue weighted by Crippen LogP contribution is -2.31. The second-order valence-corrected chi connectivity index (χ2v) is 5.89. The van der Waals surface area contributed by atoms with Crippen LogP contribution in [0.4, 0.5) is 11.6 Å². The maximum Gasteiger partial charge on any atom is 0.274 e. The van der Waals surface area contributed by atoms with Gasteiger partial charge in [-0.1, -0.05) is 6.07 Å². The van der Waals surface area contributed by atoms with Gasteiger partial charge in [0.1, 0.15) is 5.69 Å². The molecule has 0 unspecified atom stereocenters. The van der Waals surface area contributed by atoms with Gasteiger partial charge in [-0.15, -0.1) is 0 Å². The van der Waals surface area contributed by atoms with E-state index in [4.69, 9.17) is 5.26 Å². The third-order valence-corrected chi connectivity index (χ3v) is 3.96. The van der Waals surface area contributed by atoms with E-state index >= 15 is 0 Å². The summed E-state index contributed by atoms with van der Waals surface area (Å²) in [7, 11) is 0. The number of piperidine rings is 1. The molecule has 0 atom stereocenters. The first-order valence-corrected chi connectivity index (χ1v) is 8.08. The van der Waals surface area contributed by atoms with Gasteiger partial charge < -0.3 is 10.2 Å². The molecule has 1 amide bonds. The number of hydrogen-bond donors (Lipinski definition) is 1. The summed E-state index contributed by atoms with van der Waals surface area (Å²) in [6, 6.07) is 10.5. The number of carbonyl (C=O) groups excluding carboxylic acids is 1. The van der Waals surface area contributed by atoms with Gasteiger partial charge in [-0.05, 0) is 50.5 Å². The van der Waals surface area contributed by atoms with E-state index in [1.165, 1.54) is 6.42 Å². The Hall–Kier alpha value is -2.94. The van der Waals surface area contributed by atoms with Crippen molar-refractivity contribution < 1.29 is 4.79 Å². The van der Waals surface area contributed by atoms with Crippen molar-refractivity contribution in [3.05, 3.63) is 47.3 Å². The fourth-order valence-electron chi connectivity index (χ4n) is 2.77. The van der Waals surface area contributed by atoms with Crippen LogP contribution in [0, 0.1) is 18.3 Å². The number of nitrogens with zero attached hydrogens (tertiary/aromatic N) is 4. The molecular formula is C18H19N5O. The van der Waals surface area contributed by atoms with E-state index < -0.39 is 0 Å². The Bertz CT molecular complexity index is 790. The van der Waals surface area contributed by atoms with Crippen molar-refractivity contribution in [3.63, 3.8) is 0 Å². The van der Waals surface area contributed by atoms with Gasteiger partial charge in [0.25, 0.3) is 5.91 Å². The molecule has 1 aromatic heterocycles. The second kappa shape index (κ2) is 7.09. The normalized spacial score (nSPS) is 14.1. The van der Waals surface area contributed by atoms with E-state index in [-0.39, 0.29) is 5.91 Å². The van der Waals surface area contributed by atoms with Gasteiger partial charge in [0.05, 0.1) is 11.6 Å². The zero-order valence-electron chi connectivity index (χ0n) is 13.6. The summed E-state index contributed by atoms with van der Waals surface area (Å²) in [5, 5.41) is 11.7. The summed E-state index contributed by atoms with van der Waals surface area (Å²) in [5.74, 6) is 0.319. The van der Waals surface area contributed by atoms with Gasteiger partial charge in [0.15, 0.2) is 0 Å². The number of amides is 1. The van der Waals surface area contributed by atoms with Crippen LogP contribution in [0.15, 0.2) is 30.3 Å². The van der Waals surface area contributed by atoms with Gasteiger partial charge >= 0.3 is 0 Å². The average Bonchev–Trinajstić information content (AvgIpc) is 2.62. The Kier molecular flexibility index (Phi) is 4.71. The second-order valence-electron chi connectivity index (χ2n) is 5.89. The first-order chi connectivity index (χ1) is 11.7. The smallest absolute Gasteiger partial charge is 0.274 e. The molecule has 2 aromatic rings. The fraction of sp³-hybridized carbons (Fsp3) is 0.333. The molecule has 1 aliphatic rings. The number of aryl methyl sites for hydroxylation is 1. The van der Waals surface area contributed by atoms with E-state index in [1.807, 2.05) is 6.92 Å². The summed E-state index contributed by atoms with van der Waals surface area (Å²) in [5.41, 5.74) is 2.18. The molecule has 0 radical (unpaired) electrons. The summed E-state index contributed by atoms with van der Waals surface area (Å²) in [6.45, 7) is 3.71. The molecule has 122 valence electrons. The van der Waals surface area contributed by atoms with Crippen LogP contribution in [0.5, 0.6) is 0 Å². The minimum absolute atomic E-state index is 0.297. The predicted octanol–water partition coefficient (Wildman–Crippen LogP) is 2.90. The first-order valence-electron chi connectivity index (χ1n) is 8.08. The van der Waals surface area contributed by atoms with Gasteiger partial charge in [-0.2, -0.15) is 5.26 Å². The number of nitrogens with one attached hydrogen (secondary N) is 1. The van der Waals surface area contributed by atoms with Crippen molar-refractivity contribution in [1.82, 2.24) is 9.97 Å². The molecule has 1 N–H and O–H groups in total. The van der Waals surface area contributed by atoms with E-state index in [1.54, 1.807) is 30.3 Å². The van der Waals surface area contributed by atoms with Gasteiger partial charge in [-0.3, -0.25) is 4.79 Å². The minimum atomic E-state index is -0.297. The molecule has 0 saturated carbocycles. The van der Waals surface area contributed by atoms with Crippen molar-refractivity contribution in [2.45, 2.75) is 26.2 Å². The third kappa shape index (κ3) is 3.69. The zero-order valence-corrected chi connectivity index (χ0v) is 13.6. The summed E-state index contributed by atoms with van der Waals surface area (Å²) in [6.07, 6.45) is 3.48. The molecule has 6 heteroatoms. The highest BCUT2D eigenvalue weighted by atomic mass is 16.1. The number of aromatic nitrogens is 2. The molecule has 24 heavy (non-hydrogen) atoms. The SMILES string of the molecule is Cc1cc(C(=O)Nc2cccc(C#N)c2)nc(N2CCCCC2)n1. The quantitative estimate of drug-likeness (QED) is 0.940. The topological polar surface area (TPSA) is 81.9 Å². The van der Waals surface area contributed by atoms with Crippen LogP contribution >= 0.6 is 0 Å². The maximum atomic E-state index is 12.5. The number of nitriles is 1. The van der Waals surface area contributed by atoms with E-state index in [9.17, 15) is 4.79 Å². The molecule has 6 nitrogen and oxygen atoms in total. The summed E-state index contributed by atoms with van der Waals surface area (Å²) in [4.78, 5) is 23.5. The molecule has 1 aromatic carbocycles.